The molecule has 0 fully saturated rings. The molecule has 0 aliphatic rings. The second-order valence-electron chi connectivity index (χ2n) is 12.3. The number of hydrogen-bond donors (Lipinski definition) is 0. The average Bonchev–Trinajstić information content (AvgIpc) is 3.66. The molecule has 0 bridgehead atoms. The Bertz CT molecular complexity index is 2600. The Hall–Kier alpha value is -6.56. The molecular weight excluding hydrogens is 641 g/mol. The van der Waals surface area contributed by atoms with Gasteiger partial charge in [-0.05, 0) is 57.6 Å². The van der Waals surface area contributed by atoms with Crippen LogP contribution >= 0.6 is 11.3 Å². The fourth-order valence-electron chi connectivity index (χ4n) is 6.30. The molecule has 2 aromatic heterocycles. The second kappa shape index (κ2) is 13.4. The van der Waals surface area contributed by atoms with Crippen LogP contribution in [0.5, 0.6) is 0 Å². The molecule has 0 unspecified atom stereocenters. The molecule has 0 aliphatic carbocycles. The minimum absolute atomic E-state index is 0.614. The van der Waals surface area contributed by atoms with E-state index in [0.717, 1.165) is 48.6 Å². The molecule has 4 nitrogen and oxygen atoms in total. The number of hydrogen-bond acceptors (Lipinski definition) is 5. The van der Waals surface area contributed by atoms with Crippen LogP contribution in [0.4, 0.5) is 0 Å². The molecule has 0 amide bonds. The molecule has 9 rings (SSSR count). The summed E-state index contributed by atoms with van der Waals surface area (Å²) in [5, 5.41) is 0.979. The van der Waals surface area contributed by atoms with Crippen LogP contribution in [0.25, 0.3) is 88.3 Å². The van der Waals surface area contributed by atoms with Gasteiger partial charge >= 0.3 is 0 Å². The summed E-state index contributed by atoms with van der Waals surface area (Å²) < 4.78 is 1.11. The van der Waals surface area contributed by atoms with Gasteiger partial charge in [-0.15, -0.1) is 11.3 Å². The molecule has 0 saturated heterocycles. The molecule has 0 aliphatic heterocycles. The molecule has 9 aromatic rings. The van der Waals surface area contributed by atoms with Crippen LogP contribution in [0.2, 0.25) is 0 Å². The Kier molecular flexibility index (Phi) is 8.01. The van der Waals surface area contributed by atoms with E-state index >= 15 is 0 Å². The zero-order valence-corrected chi connectivity index (χ0v) is 28.3. The van der Waals surface area contributed by atoms with Gasteiger partial charge in [0.2, 0.25) is 0 Å². The molecule has 0 atom stereocenters. The van der Waals surface area contributed by atoms with E-state index in [9.17, 15) is 0 Å². The number of nitrogens with zero attached hydrogens (tertiary/aromatic N) is 4. The second-order valence-corrected chi connectivity index (χ2v) is 13.4. The Morgan fingerprint density at radius 2 is 0.667 bits per heavy atom. The lowest BCUT2D eigenvalue weighted by Crippen LogP contribution is -2.00. The van der Waals surface area contributed by atoms with Crippen molar-refractivity contribution in [1.82, 2.24) is 19.9 Å². The molecule has 240 valence electrons. The van der Waals surface area contributed by atoms with Crippen LogP contribution in [0, 0.1) is 0 Å². The molecule has 0 radical (unpaired) electrons. The zero-order chi connectivity index (χ0) is 34.0. The first kappa shape index (κ1) is 30.5. The van der Waals surface area contributed by atoms with E-state index in [1.165, 1.54) is 22.3 Å². The Morgan fingerprint density at radius 3 is 1.24 bits per heavy atom. The maximum atomic E-state index is 5.07. The molecule has 0 spiro atoms. The smallest absolute Gasteiger partial charge is 0.164 e. The number of benzene rings is 7. The maximum absolute atomic E-state index is 5.07. The van der Waals surface area contributed by atoms with Gasteiger partial charge in [-0.2, -0.15) is 0 Å². The monoisotopic (exact) mass is 670 g/mol. The highest BCUT2D eigenvalue weighted by Gasteiger charge is 2.15. The maximum Gasteiger partial charge on any atom is 0.164 e. The minimum Gasteiger partial charge on any atom is -0.236 e. The van der Waals surface area contributed by atoms with Gasteiger partial charge in [0.1, 0.15) is 5.01 Å². The number of fused-ring (bicyclic) bond motifs is 1. The Morgan fingerprint density at radius 1 is 0.275 bits per heavy atom. The molecule has 51 heavy (non-hydrogen) atoms. The fourth-order valence-corrected chi connectivity index (χ4v) is 7.25. The predicted octanol–water partition coefficient (Wildman–Crippen LogP) is 12.2. The first-order valence-electron chi connectivity index (χ1n) is 16.9. The van der Waals surface area contributed by atoms with Crippen molar-refractivity contribution in [1.29, 1.82) is 0 Å². The van der Waals surface area contributed by atoms with Crippen molar-refractivity contribution in [3.8, 4) is 78.1 Å². The summed E-state index contributed by atoms with van der Waals surface area (Å²) in [7, 11) is 0. The summed E-state index contributed by atoms with van der Waals surface area (Å²) in [6.07, 6.45) is 0. The van der Waals surface area contributed by atoms with E-state index in [2.05, 4.69) is 140 Å². The van der Waals surface area contributed by atoms with Crippen LogP contribution in [0.15, 0.2) is 182 Å². The topological polar surface area (TPSA) is 51.6 Å². The molecule has 2 heterocycles. The van der Waals surface area contributed by atoms with Gasteiger partial charge in [0.15, 0.2) is 17.5 Å². The van der Waals surface area contributed by atoms with Crippen LogP contribution < -0.4 is 0 Å². The van der Waals surface area contributed by atoms with Crippen molar-refractivity contribution >= 4 is 21.6 Å². The van der Waals surface area contributed by atoms with E-state index < -0.39 is 0 Å². The normalized spacial score (nSPS) is 11.1. The molecule has 5 heteroatoms. The minimum atomic E-state index is 0.614. The lowest BCUT2D eigenvalue weighted by Gasteiger charge is -2.09. The van der Waals surface area contributed by atoms with Gasteiger partial charge in [-0.25, -0.2) is 19.9 Å². The predicted molar refractivity (Wildman–Crippen MR) is 211 cm³/mol. The molecule has 0 saturated carbocycles. The molecule has 0 N–H and O–H groups in total. The molecular formula is C46H30N4S. The number of rotatable bonds is 7. The van der Waals surface area contributed by atoms with Crippen LogP contribution in [0.3, 0.4) is 0 Å². The van der Waals surface area contributed by atoms with E-state index in [-0.39, 0.29) is 0 Å². The summed E-state index contributed by atoms with van der Waals surface area (Å²) in [6.45, 7) is 0. The van der Waals surface area contributed by atoms with Crippen molar-refractivity contribution in [3.63, 3.8) is 0 Å². The highest BCUT2D eigenvalue weighted by Crippen LogP contribution is 2.35. The SMILES string of the molecule is c1ccc(-c2ccc(-c3ccc(-c4nc5cc(-c6nc(-c7ccccc7)nc(-c7cccc(-c8ccccc8)c7)n6)ccc5s4)cc3)cc2)cc1. The van der Waals surface area contributed by atoms with Gasteiger partial charge in [0, 0.05) is 22.3 Å². The van der Waals surface area contributed by atoms with Crippen molar-refractivity contribution < 1.29 is 0 Å². The highest BCUT2D eigenvalue weighted by atomic mass is 32.1. The van der Waals surface area contributed by atoms with Gasteiger partial charge in [-0.1, -0.05) is 158 Å². The summed E-state index contributed by atoms with van der Waals surface area (Å²) in [4.78, 5) is 20.0. The summed E-state index contributed by atoms with van der Waals surface area (Å²) in [5.74, 6) is 1.88. The van der Waals surface area contributed by atoms with Gasteiger partial charge < -0.3 is 0 Å². The van der Waals surface area contributed by atoms with E-state index in [1.807, 2.05) is 42.5 Å². The molecule has 7 aromatic carbocycles. The van der Waals surface area contributed by atoms with Crippen molar-refractivity contribution in [2.24, 2.45) is 0 Å². The summed E-state index contributed by atoms with van der Waals surface area (Å²) >= 11 is 1.69. The summed E-state index contributed by atoms with van der Waals surface area (Å²) in [6, 6.07) is 63.0. The first-order valence-corrected chi connectivity index (χ1v) is 17.7. The number of thiazole rings is 1. The average molecular weight is 671 g/mol. The lowest BCUT2D eigenvalue weighted by atomic mass is 10.00. The van der Waals surface area contributed by atoms with E-state index in [0.29, 0.717) is 17.5 Å². The highest BCUT2D eigenvalue weighted by molar-refractivity contribution is 7.21. The third kappa shape index (κ3) is 6.34. The van der Waals surface area contributed by atoms with Crippen LogP contribution in [0.1, 0.15) is 0 Å². The van der Waals surface area contributed by atoms with Crippen molar-refractivity contribution in [2.75, 3.05) is 0 Å². The Labute approximate surface area is 300 Å². The van der Waals surface area contributed by atoms with E-state index in [4.69, 9.17) is 19.9 Å². The largest absolute Gasteiger partial charge is 0.236 e. The van der Waals surface area contributed by atoms with Gasteiger partial charge in [0.05, 0.1) is 10.2 Å². The first-order chi connectivity index (χ1) is 25.2. The van der Waals surface area contributed by atoms with Crippen molar-refractivity contribution in [2.45, 2.75) is 0 Å². The quantitative estimate of drug-likeness (QED) is 0.169. The van der Waals surface area contributed by atoms with E-state index in [1.54, 1.807) is 11.3 Å². The number of aromatic nitrogens is 4. The van der Waals surface area contributed by atoms with Crippen LogP contribution in [-0.4, -0.2) is 19.9 Å². The van der Waals surface area contributed by atoms with Crippen LogP contribution in [-0.2, 0) is 0 Å². The Balaban J connectivity index is 1.04. The lowest BCUT2D eigenvalue weighted by molar-refractivity contribution is 1.07. The third-order valence-electron chi connectivity index (χ3n) is 9.00. The fraction of sp³-hybridized carbons (Fsp3) is 0. The zero-order valence-electron chi connectivity index (χ0n) is 27.5. The third-order valence-corrected chi connectivity index (χ3v) is 10.1. The van der Waals surface area contributed by atoms with Gasteiger partial charge in [0.25, 0.3) is 0 Å². The standard InChI is InChI=1S/C46H30N4S/c1-4-11-31(12-5-1)33-19-21-34(22-20-33)35-23-25-37(26-24-35)46-47-41-30-40(27-28-42(41)51-46)45-49-43(36-15-8-3-9-16-36)48-44(50-45)39-18-10-17-38(29-39)32-13-6-2-7-14-32/h1-30H. The summed E-state index contributed by atoms with van der Waals surface area (Å²) in [5.41, 5.74) is 11.8. The van der Waals surface area contributed by atoms with Gasteiger partial charge in [-0.3, -0.25) is 0 Å². The van der Waals surface area contributed by atoms with Crippen molar-refractivity contribution in [3.05, 3.63) is 182 Å².